The highest BCUT2D eigenvalue weighted by atomic mass is 16.5. The van der Waals surface area contributed by atoms with Gasteiger partial charge in [-0.3, -0.25) is 9.59 Å². The van der Waals surface area contributed by atoms with Gasteiger partial charge in [-0.1, -0.05) is 12.1 Å². The van der Waals surface area contributed by atoms with Crippen molar-refractivity contribution in [2.24, 2.45) is 11.8 Å². The maximum absolute atomic E-state index is 12.5. The zero-order chi connectivity index (χ0) is 17.1. The van der Waals surface area contributed by atoms with Crippen molar-refractivity contribution in [1.29, 1.82) is 0 Å². The quantitative estimate of drug-likeness (QED) is 0.880. The number of hydrogen-bond acceptors (Lipinski definition) is 4. The summed E-state index contributed by atoms with van der Waals surface area (Å²) in [4.78, 5) is 23.5. The molecular weight excluding hydrogens is 310 g/mol. The SMILES string of the molecule is COc1cccc2c1OCC(C(=O)NC1CCC(C(=O)O)CC1)C2. The average molecular weight is 333 g/mol. The molecule has 6 heteroatoms. The van der Waals surface area contributed by atoms with E-state index in [2.05, 4.69) is 5.32 Å². The van der Waals surface area contributed by atoms with Crippen LogP contribution in [-0.4, -0.2) is 36.7 Å². The zero-order valence-electron chi connectivity index (χ0n) is 13.8. The molecule has 1 heterocycles. The summed E-state index contributed by atoms with van der Waals surface area (Å²) in [6.07, 6.45) is 3.33. The van der Waals surface area contributed by atoms with E-state index in [-0.39, 0.29) is 23.8 Å². The Hall–Kier alpha value is -2.24. The van der Waals surface area contributed by atoms with Crippen LogP contribution in [0.5, 0.6) is 11.5 Å². The highest BCUT2D eigenvalue weighted by Gasteiger charge is 2.31. The van der Waals surface area contributed by atoms with Gasteiger partial charge in [0.1, 0.15) is 6.61 Å². The Kier molecular flexibility index (Phi) is 4.92. The molecule has 1 aliphatic heterocycles. The molecule has 2 aliphatic rings. The summed E-state index contributed by atoms with van der Waals surface area (Å²) in [6.45, 7) is 0.337. The molecule has 3 rings (SSSR count). The number of rotatable bonds is 4. The second-order valence-corrected chi connectivity index (χ2v) is 6.56. The average Bonchev–Trinajstić information content (AvgIpc) is 2.61. The van der Waals surface area contributed by atoms with Crippen molar-refractivity contribution < 1.29 is 24.2 Å². The number of para-hydroxylation sites is 1. The number of ether oxygens (including phenoxy) is 2. The van der Waals surface area contributed by atoms with Gasteiger partial charge in [0.2, 0.25) is 5.91 Å². The molecule has 6 nitrogen and oxygen atoms in total. The summed E-state index contributed by atoms with van der Waals surface area (Å²) in [7, 11) is 1.60. The molecule has 1 aromatic rings. The maximum atomic E-state index is 12.5. The molecule has 1 fully saturated rings. The topological polar surface area (TPSA) is 84.9 Å². The number of methoxy groups -OCH3 is 1. The van der Waals surface area contributed by atoms with E-state index in [0.29, 0.717) is 31.6 Å². The monoisotopic (exact) mass is 333 g/mol. The number of carbonyl (C=O) groups is 2. The normalized spacial score (nSPS) is 26.0. The van der Waals surface area contributed by atoms with Crippen LogP contribution >= 0.6 is 0 Å². The Bertz CT molecular complexity index is 622. The highest BCUT2D eigenvalue weighted by molar-refractivity contribution is 5.80. The second-order valence-electron chi connectivity index (χ2n) is 6.56. The van der Waals surface area contributed by atoms with Gasteiger partial charge < -0.3 is 19.9 Å². The minimum atomic E-state index is -0.731. The molecule has 1 aromatic carbocycles. The minimum absolute atomic E-state index is 0.0118. The summed E-state index contributed by atoms with van der Waals surface area (Å²) in [5.41, 5.74) is 0.982. The molecule has 0 radical (unpaired) electrons. The fourth-order valence-electron chi connectivity index (χ4n) is 3.53. The van der Waals surface area contributed by atoms with Crippen molar-refractivity contribution in [3.05, 3.63) is 23.8 Å². The first-order valence-corrected chi connectivity index (χ1v) is 8.40. The number of nitrogens with one attached hydrogen (secondary N) is 1. The van der Waals surface area contributed by atoms with Crippen LogP contribution in [0.4, 0.5) is 0 Å². The van der Waals surface area contributed by atoms with Gasteiger partial charge in [0.25, 0.3) is 0 Å². The molecule has 0 aromatic heterocycles. The number of fused-ring (bicyclic) bond motifs is 1. The Morgan fingerprint density at radius 3 is 2.62 bits per heavy atom. The lowest BCUT2D eigenvalue weighted by atomic mass is 9.85. The van der Waals surface area contributed by atoms with Crippen LogP contribution in [0.3, 0.4) is 0 Å². The maximum Gasteiger partial charge on any atom is 0.306 e. The summed E-state index contributed by atoms with van der Waals surface area (Å²) < 4.78 is 11.0. The van der Waals surface area contributed by atoms with Crippen molar-refractivity contribution >= 4 is 11.9 Å². The van der Waals surface area contributed by atoms with E-state index >= 15 is 0 Å². The van der Waals surface area contributed by atoms with Crippen LogP contribution in [-0.2, 0) is 16.0 Å². The summed E-state index contributed by atoms with van der Waals surface area (Å²) in [5, 5.41) is 12.1. The summed E-state index contributed by atoms with van der Waals surface area (Å²) in [6, 6.07) is 5.77. The largest absolute Gasteiger partial charge is 0.493 e. The Morgan fingerprint density at radius 1 is 1.21 bits per heavy atom. The van der Waals surface area contributed by atoms with E-state index < -0.39 is 5.97 Å². The van der Waals surface area contributed by atoms with Gasteiger partial charge in [-0.15, -0.1) is 0 Å². The molecular formula is C18H23NO5. The van der Waals surface area contributed by atoms with Crippen molar-refractivity contribution in [1.82, 2.24) is 5.32 Å². The van der Waals surface area contributed by atoms with Crippen LogP contribution in [0.1, 0.15) is 31.2 Å². The van der Waals surface area contributed by atoms with Gasteiger partial charge in [0.05, 0.1) is 18.9 Å². The molecule has 0 spiro atoms. The Labute approximate surface area is 141 Å². The zero-order valence-corrected chi connectivity index (χ0v) is 13.8. The van der Waals surface area contributed by atoms with E-state index in [4.69, 9.17) is 14.6 Å². The molecule has 1 amide bonds. The van der Waals surface area contributed by atoms with Gasteiger partial charge >= 0.3 is 5.97 Å². The van der Waals surface area contributed by atoms with Crippen LogP contribution in [0.15, 0.2) is 18.2 Å². The third-order valence-corrected chi connectivity index (χ3v) is 4.97. The number of aliphatic carboxylic acids is 1. The van der Waals surface area contributed by atoms with E-state index in [1.807, 2.05) is 18.2 Å². The van der Waals surface area contributed by atoms with Crippen LogP contribution in [0.25, 0.3) is 0 Å². The number of carboxylic acids is 1. The van der Waals surface area contributed by atoms with Gasteiger partial charge in [-0.05, 0) is 43.7 Å². The second kappa shape index (κ2) is 7.11. The third-order valence-electron chi connectivity index (χ3n) is 4.97. The molecule has 24 heavy (non-hydrogen) atoms. The molecule has 1 unspecified atom stereocenters. The first-order valence-electron chi connectivity index (χ1n) is 8.40. The van der Waals surface area contributed by atoms with Crippen LogP contribution in [0.2, 0.25) is 0 Å². The standard InChI is InChI=1S/C18H23NO5/c1-23-15-4-2-3-12-9-13(10-24-16(12)15)17(20)19-14-7-5-11(6-8-14)18(21)22/h2-4,11,13-14H,5-10H2,1H3,(H,19,20)(H,21,22). The number of hydrogen-bond donors (Lipinski definition) is 2. The number of carbonyl (C=O) groups excluding carboxylic acids is 1. The fourth-order valence-corrected chi connectivity index (χ4v) is 3.53. The van der Waals surface area contributed by atoms with E-state index in [1.165, 1.54) is 0 Å². The molecule has 1 aliphatic carbocycles. The van der Waals surface area contributed by atoms with E-state index in [9.17, 15) is 9.59 Å². The highest BCUT2D eigenvalue weighted by Crippen LogP contribution is 2.36. The van der Waals surface area contributed by atoms with Crippen LogP contribution < -0.4 is 14.8 Å². The van der Waals surface area contributed by atoms with Gasteiger partial charge in [-0.2, -0.15) is 0 Å². The van der Waals surface area contributed by atoms with E-state index in [0.717, 1.165) is 24.2 Å². The molecule has 2 N–H and O–H groups in total. The van der Waals surface area contributed by atoms with Crippen molar-refractivity contribution in [3.8, 4) is 11.5 Å². The first-order chi connectivity index (χ1) is 11.6. The number of amides is 1. The fraction of sp³-hybridized carbons (Fsp3) is 0.556. The lowest BCUT2D eigenvalue weighted by molar-refractivity contribution is -0.142. The van der Waals surface area contributed by atoms with Crippen molar-refractivity contribution in [2.75, 3.05) is 13.7 Å². The first kappa shape index (κ1) is 16.6. The molecule has 1 atom stereocenters. The van der Waals surface area contributed by atoms with Crippen LogP contribution in [0, 0.1) is 11.8 Å². The van der Waals surface area contributed by atoms with Crippen molar-refractivity contribution in [2.45, 2.75) is 38.1 Å². The van der Waals surface area contributed by atoms with E-state index in [1.54, 1.807) is 7.11 Å². The molecule has 0 saturated heterocycles. The third kappa shape index (κ3) is 3.47. The van der Waals surface area contributed by atoms with Gasteiger partial charge in [-0.25, -0.2) is 0 Å². The van der Waals surface area contributed by atoms with Crippen molar-refractivity contribution in [3.63, 3.8) is 0 Å². The molecule has 1 saturated carbocycles. The number of benzene rings is 1. The molecule has 130 valence electrons. The predicted octanol–water partition coefficient (Wildman–Crippen LogP) is 2.01. The lowest BCUT2D eigenvalue weighted by Crippen LogP contribution is -2.44. The Balaban J connectivity index is 1.56. The van der Waals surface area contributed by atoms with Gasteiger partial charge in [0.15, 0.2) is 11.5 Å². The molecule has 0 bridgehead atoms. The Morgan fingerprint density at radius 2 is 1.96 bits per heavy atom. The predicted molar refractivity (Wildman–Crippen MR) is 87.2 cm³/mol. The smallest absolute Gasteiger partial charge is 0.306 e. The lowest BCUT2D eigenvalue weighted by Gasteiger charge is -2.30. The minimum Gasteiger partial charge on any atom is -0.493 e. The summed E-state index contributed by atoms with van der Waals surface area (Å²) in [5.74, 6) is 0.190. The van der Waals surface area contributed by atoms with Gasteiger partial charge in [0, 0.05) is 6.04 Å². The number of carboxylic acid groups (broad SMARTS) is 1. The summed E-state index contributed by atoms with van der Waals surface area (Å²) >= 11 is 0.